The van der Waals surface area contributed by atoms with Gasteiger partial charge < -0.3 is 19.2 Å². The van der Waals surface area contributed by atoms with Crippen LogP contribution in [0.2, 0.25) is 0 Å². The Morgan fingerprint density at radius 1 is 1.33 bits per heavy atom. The van der Waals surface area contributed by atoms with E-state index < -0.39 is 0 Å². The summed E-state index contributed by atoms with van der Waals surface area (Å²) in [5, 5.41) is 6.93. The molecular formula is C20H21N3O3S. The number of carbonyl (C=O) groups excluding carboxylic acids is 1. The summed E-state index contributed by atoms with van der Waals surface area (Å²) in [4.78, 5) is 15.7. The summed E-state index contributed by atoms with van der Waals surface area (Å²) < 4.78 is 10.7. The molecule has 0 radical (unpaired) electrons. The number of likely N-dealkylation sites (tertiary alicyclic amines) is 1. The van der Waals surface area contributed by atoms with Gasteiger partial charge in [-0.05, 0) is 56.2 Å². The number of urea groups is 1. The van der Waals surface area contributed by atoms with Crippen LogP contribution in [0.3, 0.4) is 0 Å². The minimum Gasteiger partial charge on any atom is -0.468 e. The van der Waals surface area contributed by atoms with Crippen molar-refractivity contribution in [3.8, 4) is 0 Å². The van der Waals surface area contributed by atoms with Crippen LogP contribution in [0.1, 0.15) is 36.1 Å². The molecule has 4 rings (SSSR count). The van der Waals surface area contributed by atoms with Crippen LogP contribution in [0, 0.1) is 6.92 Å². The highest BCUT2D eigenvalue weighted by Gasteiger charge is 2.32. The summed E-state index contributed by atoms with van der Waals surface area (Å²) in [5.41, 5.74) is 1.61. The molecule has 1 aliphatic heterocycles. The van der Waals surface area contributed by atoms with Gasteiger partial charge in [-0.3, -0.25) is 0 Å². The molecule has 1 fully saturated rings. The highest BCUT2D eigenvalue weighted by Crippen LogP contribution is 2.33. The van der Waals surface area contributed by atoms with Gasteiger partial charge in [0.15, 0.2) is 5.76 Å². The molecule has 0 spiro atoms. The van der Waals surface area contributed by atoms with Gasteiger partial charge in [-0.2, -0.15) is 0 Å². The third kappa shape index (κ3) is 4.19. The van der Waals surface area contributed by atoms with Crippen molar-refractivity contribution < 1.29 is 13.7 Å². The number of benzene rings is 1. The molecule has 1 aliphatic rings. The first kappa shape index (κ1) is 17.7. The summed E-state index contributed by atoms with van der Waals surface area (Å²) >= 11 is 1.69. The van der Waals surface area contributed by atoms with E-state index in [0.717, 1.165) is 46.4 Å². The Bertz CT molecular complexity index is 890. The van der Waals surface area contributed by atoms with Crippen LogP contribution in [0.4, 0.5) is 10.5 Å². The number of amides is 2. The van der Waals surface area contributed by atoms with Crippen LogP contribution in [0.5, 0.6) is 0 Å². The van der Waals surface area contributed by atoms with Crippen LogP contribution in [0.15, 0.2) is 62.6 Å². The number of nitrogens with one attached hydrogen (secondary N) is 1. The molecule has 1 unspecified atom stereocenters. The Labute approximate surface area is 161 Å². The van der Waals surface area contributed by atoms with E-state index in [1.807, 2.05) is 54.3 Å². The largest absolute Gasteiger partial charge is 0.468 e. The van der Waals surface area contributed by atoms with Crippen LogP contribution >= 0.6 is 11.8 Å². The minimum absolute atomic E-state index is 0.0469. The number of hydrogen-bond donors (Lipinski definition) is 1. The van der Waals surface area contributed by atoms with Gasteiger partial charge in [0.1, 0.15) is 5.76 Å². The molecule has 140 valence electrons. The van der Waals surface area contributed by atoms with Gasteiger partial charge in [0.05, 0.1) is 23.8 Å². The molecule has 3 aromatic rings. The zero-order valence-corrected chi connectivity index (χ0v) is 15.9. The zero-order chi connectivity index (χ0) is 18.6. The lowest BCUT2D eigenvalue weighted by molar-refractivity contribution is 0.195. The van der Waals surface area contributed by atoms with E-state index in [-0.39, 0.29) is 12.1 Å². The normalized spacial score (nSPS) is 16.6. The Hall–Kier alpha value is -2.67. The number of rotatable bonds is 5. The second-order valence-corrected chi connectivity index (χ2v) is 7.59. The highest BCUT2D eigenvalue weighted by molar-refractivity contribution is 7.98. The Morgan fingerprint density at radius 3 is 2.89 bits per heavy atom. The molecule has 0 bridgehead atoms. The van der Waals surface area contributed by atoms with Gasteiger partial charge in [0.25, 0.3) is 0 Å². The Morgan fingerprint density at radius 2 is 2.19 bits per heavy atom. The zero-order valence-electron chi connectivity index (χ0n) is 15.1. The molecule has 0 saturated carbocycles. The number of furan rings is 1. The maximum atomic E-state index is 12.7. The van der Waals surface area contributed by atoms with Crippen molar-refractivity contribution in [2.45, 2.75) is 36.5 Å². The summed E-state index contributed by atoms with van der Waals surface area (Å²) in [5.74, 6) is 2.48. The van der Waals surface area contributed by atoms with E-state index in [2.05, 4.69) is 10.5 Å². The van der Waals surface area contributed by atoms with Crippen molar-refractivity contribution in [1.82, 2.24) is 10.1 Å². The summed E-state index contributed by atoms with van der Waals surface area (Å²) in [6, 6.07) is 13.5. The topological polar surface area (TPSA) is 71.5 Å². The van der Waals surface area contributed by atoms with Crippen molar-refractivity contribution in [2.75, 3.05) is 11.9 Å². The standard InChI is InChI=1S/C20H21N3O3S/c1-14-12-19(26-22-14)18-5-2-10-23(18)20(24)21-15-6-8-17(9-7-15)27-13-16-4-3-11-25-16/h3-4,6-9,11-12,18H,2,5,10,13H2,1H3,(H,21,24). The summed E-state index contributed by atoms with van der Waals surface area (Å²) in [6.07, 6.45) is 3.53. The van der Waals surface area contributed by atoms with Gasteiger partial charge in [0, 0.05) is 23.2 Å². The van der Waals surface area contributed by atoms with E-state index in [1.165, 1.54) is 0 Å². The maximum absolute atomic E-state index is 12.7. The molecule has 2 amide bonds. The summed E-state index contributed by atoms with van der Waals surface area (Å²) in [7, 11) is 0. The smallest absolute Gasteiger partial charge is 0.322 e. The lowest BCUT2D eigenvalue weighted by atomic mass is 10.1. The fourth-order valence-electron chi connectivity index (χ4n) is 3.22. The molecule has 0 aliphatic carbocycles. The van der Waals surface area contributed by atoms with Crippen LogP contribution < -0.4 is 5.32 Å². The van der Waals surface area contributed by atoms with Crippen molar-refractivity contribution in [3.63, 3.8) is 0 Å². The maximum Gasteiger partial charge on any atom is 0.322 e. The fraction of sp³-hybridized carbons (Fsp3) is 0.300. The molecular weight excluding hydrogens is 362 g/mol. The van der Waals surface area contributed by atoms with Crippen molar-refractivity contribution in [3.05, 3.63) is 65.9 Å². The SMILES string of the molecule is Cc1cc(C2CCCN2C(=O)Nc2ccc(SCc3ccco3)cc2)on1. The van der Waals surface area contributed by atoms with Gasteiger partial charge in [-0.25, -0.2) is 4.79 Å². The van der Waals surface area contributed by atoms with Crippen LogP contribution in [0.25, 0.3) is 0 Å². The first-order valence-corrected chi connectivity index (χ1v) is 9.94. The van der Waals surface area contributed by atoms with Gasteiger partial charge >= 0.3 is 6.03 Å². The molecule has 1 atom stereocenters. The quantitative estimate of drug-likeness (QED) is 0.610. The molecule has 7 heteroatoms. The lowest BCUT2D eigenvalue weighted by Crippen LogP contribution is -2.34. The molecule has 1 saturated heterocycles. The third-order valence-electron chi connectivity index (χ3n) is 4.56. The number of nitrogens with zero attached hydrogens (tertiary/aromatic N) is 2. The Balaban J connectivity index is 1.36. The molecule has 2 aromatic heterocycles. The molecule has 27 heavy (non-hydrogen) atoms. The number of aryl methyl sites for hydroxylation is 1. The average Bonchev–Trinajstić information content (AvgIpc) is 3.42. The number of anilines is 1. The number of thioether (sulfide) groups is 1. The van der Waals surface area contributed by atoms with E-state index in [9.17, 15) is 4.79 Å². The van der Waals surface area contributed by atoms with Gasteiger partial charge in [0.2, 0.25) is 0 Å². The number of carbonyl (C=O) groups is 1. The van der Waals surface area contributed by atoms with E-state index in [0.29, 0.717) is 6.54 Å². The van der Waals surface area contributed by atoms with Crippen molar-refractivity contribution in [1.29, 1.82) is 0 Å². The van der Waals surface area contributed by atoms with E-state index >= 15 is 0 Å². The Kier molecular flexibility index (Phi) is 5.20. The van der Waals surface area contributed by atoms with Crippen molar-refractivity contribution >= 4 is 23.5 Å². The lowest BCUT2D eigenvalue weighted by Gasteiger charge is -2.23. The second kappa shape index (κ2) is 7.92. The predicted molar refractivity (Wildman–Crippen MR) is 104 cm³/mol. The van der Waals surface area contributed by atoms with Gasteiger partial charge in [-0.1, -0.05) is 5.16 Å². The molecule has 3 heterocycles. The highest BCUT2D eigenvalue weighted by atomic mass is 32.2. The first-order valence-electron chi connectivity index (χ1n) is 8.95. The predicted octanol–water partition coefficient (Wildman–Crippen LogP) is 5.24. The molecule has 6 nitrogen and oxygen atoms in total. The fourth-order valence-corrected chi connectivity index (χ4v) is 4.03. The first-order chi connectivity index (χ1) is 13.2. The third-order valence-corrected chi connectivity index (χ3v) is 5.59. The van der Waals surface area contributed by atoms with E-state index in [4.69, 9.17) is 8.94 Å². The van der Waals surface area contributed by atoms with Crippen LogP contribution in [-0.2, 0) is 5.75 Å². The molecule has 1 aromatic carbocycles. The summed E-state index contributed by atoms with van der Waals surface area (Å²) in [6.45, 7) is 2.60. The average molecular weight is 383 g/mol. The number of aromatic nitrogens is 1. The van der Waals surface area contributed by atoms with Gasteiger partial charge in [-0.15, -0.1) is 11.8 Å². The van der Waals surface area contributed by atoms with Crippen LogP contribution in [-0.4, -0.2) is 22.6 Å². The van der Waals surface area contributed by atoms with Crippen molar-refractivity contribution in [2.24, 2.45) is 0 Å². The second-order valence-electron chi connectivity index (χ2n) is 6.54. The minimum atomic E-state index is -0.109. The monoisotopic (exact) mass is 383 g/mol. The number of hydrogen-bond acceptors (Lipinski definition) is 5. The molecule has 1 N–H and O–H groups in total. The van der Waals surface area contributed by atoms with E-state index in [1.54, 1.807) is 18.0 Å².